The molecule has 1 heterocycles. The molecular formula is C14H16ClNS. The summed E-state index contributed by atoms with van der Waals surface area (Å²) in [6, 6.07) is 8.64. The molecule has 1 nitrogen and oxygen atoms in total. The van der Waals surface area contributed by atoms with Crippen molar-refractivity contribution in [3.8, 4) is 0 Å². The molecule has 0 saturated heterocycles. The lowest BCUT2D eigenvalue weighted by molar-refractivity contribution is 0.693. The summed E-state index contributed by atoms with van der Waals surface area (Å²) in [5.74, 6) is 0. The van der Waals surface area contributed by atoms with Crippen LogP contribution in [0.3, 0.4) is 0 Å². The lowest BCUT2D eigenvalue weighted by Crippen LogP contribution is -2.17. The van der Waals surface area contributed by atoms with Crippen LogP contribution >= 0.6 is 22.9 Å². The second-order valence-electron chi connectivity index (χ2n) is 4.27. The van der Waals surface area contributed by atoms with E-state index in [0.717, 1.165) is 5.02 Å². The molecule has 3 heteroatoms. The number of nitrogens with one attached hydrogen (secondary N) is 1. The summed E-state index contributed by atoms with van der Waals surface area (Å²) < 4.78 is 0. The first kappa shape index (κ1) is 12.6. The van der Waals surface area contributed by atoms with Gasteiger partial charge in [-0.25, -0.2) is 0 Å². The molecule has 1 N–H and O–H groups in total. The van der Waals surface area contributed by atoms with Gasteiger partial charge in [0.1, 0.15) is 0 Å². The average molecular weight is 266 g/mol. The van der Waals surface area contributed by atoms with Crippen LogP contribution in [0.4, 0.5) is 0 Å². The van der Waals surface area contributed by atoms with Gasteiger partial charge in [0.05, 0.1) is 6.04 Å². The topological polar surface area (TPSA) is 12.0 Å². The Morgan fingerprint density at radius 3 is 2.41 bits per heavy atom. The smallest absolute Gasteiger partial charge is 0.0583 e. The van der Waals surface area contributed by atoms with Crippen molar-refractivity contribution in [3.05, 3.63) is 56.2 Å². The predicted molar refractivity (Wildman–Crippen MR) is 76.1 cm³/mol. The molecule has 90 valence electrons. The molecule has 0 saturated carbocycles. The standard InChI is InChI=1S/C14H16ClNS/c1-9-4-11(7-13(15)5-9)14(16-3)12-6-10(2)17-8-12/h4-8,14,16H,1-3H3. The molecule has 0 amide bonds. The first-order valence-electron chi connectivity index (χ1n) is 5.59. The van der Waals surface area contributed by atoms with Crippen molar-refractivity contribution in [1.29, 1.82) is 0 Å². The summed E-state index contributed by atoms with van der Waals surface area (Å²) in [6.45, 7) is 4.20. The molecule has 0 aliphatic heterocycles. The second-order valence-corrected chi connectivity index (χ2v) is 5.83. The molecule has 1 aromatic heterocycles. The molecule has 1 atom stereocenters. The minimum Gasteiger partial charge on any atom is -0.309 e. The van der Waals surface area contributed by atoms with Crippen molar-refractivity contribution in [1.82, 2.24) is 5.32 Å². The third-order valence-electron chi connectivity index (χ3n) is 2.77. The first-order valence-corrected chi connectivity index (χ1v) is 6.85. The summed E-state index contributed by atoms with van der Waals surface area (Å²) in [5, 5.41) is 6.35. The van der Waals surface area contributed by atoms with E-state index in [1.165, 1.54) is 21.6 Å². The molecule has 0 spiro atoms. The predicted octanol–water partition coefficient (Wildman–Crippen LogP) is 4.33. The Morgan fingerprint density at radius 2 is 1.88 bits per heavy atom. The van der Waals surface area contributed by atoms with Crippen LogP contribution < -0.4 is 5.32 Å². The zero-order valence-electron chi connectivity index (χ0n) is 10.3. The van der Waals surface area contributed by atoms with Gasteiger partial charge in [0.2, 0.25) is 0 Å². The van der Waals surface area contributed by atoms with Crippen molar-refractivity contribution in [2.45, 2.75) is 19.9 Å². The summed E-state index contributed by atoms with van der Waals surface area (Å²) in [4.78, 5) is 1.33. The van der Waals surface area contributed by atoms with Crippen molar-refractivity contribution in [2.75, 3.05) is 7.05 Å². The summed E-state index contributed by atoms with van der Waals surface area (Å²) in [6.07, 6.45) is 0. The molecule has 1 aromatic carbocycles. The third-order valence-corrected chi connectivity index (χ3v) is 3.87. The third kappa shape index (κ3) is 2.89. The quantitative estimate of drug-likeness (QED) is 0.871. The van der Waals surface area contributed by atoms with E-state index in [9.17, 15) is 0 Å². The van der Waals surface area contributed by atoms with Crippen LogP contribution in [0.5, 0.6) is 0 Å². The number of benzene rings is 1. The number of halogens is 1. The van der Waals surface area contributed by atoms with E-state index in [0.29, 0.717) is 0 Å². The minimum atomic E-state index is 0.220. The maximum absolute atomic E-state index is 6.12. The van der Waals surface area contributed by atoms with Gasteiger partial charge in [-0.3, -0.25) is 0 Å². The largest absolute Gasteiger partial charge is 0.309 e. The van der Waals surface area contributed by atoms with Crippen LogP contribution in [0.15, 0.2) is 29.6 Å². The molecule has 0 radical (unpaired) electrons. The number of aryl methyl sites for hydroxylation is 2. The molecule has 2 aromatic rings. The number of thiophene rings is 1. The molecule has 0 fully saturated rings. The van der Waals surface area contributed by atoms with Gasteiger partial charge in [-0.1, -0.05) is 17.7 Å². The fourth-order valence-electron chi connectivity index (χ4n) is 2.07. The maximum Gasteiger partial charge on any atom is 0.0583 e. The minimum absolute atomic E-state index is 0.220. The van der Waals surface area contributed by atoms with Crippen molar-refractivity contribution in [3.63, 3.8) is 0 Å². The highest BCUT2D eigenvalue weighted by atomic mass is 35.5. The lowest BCUT2D eigenvalue weighted by Gasteiger charge is -2.16. The Morgan fingerprint density at radius 1 is 1.12 bits per heavy atom. The molecule has 1 unspecified atom stereocenters. The van der Waals surface area contributed by atoms with E-state index in [2.05, 4.69) is 36.7 Å². The number of hydrogen-bond acceptors (Lipinski definition) is 2. The van der Waals surface area contributed by atoms with Crippen molar-refractivity contribution in [2.24, 2.45) is 0 Å². The highest BCUT2D eigenvalue weighted by molar-refractivity contribution is 7.10. The summed E-state index contributed by atoms with van der Waals surface area (Å²) >= 11 is 7.90. The molecule has 2 rings (SSSR count). The lowest BCUT2D eigenvalue weighted by atomic mass is 9.99. The summed E-state index contributed by atoms with van der Waals surface area (Å²) in [7, 11) is 1.98. The van der Waals surface area contributed by atoms with Gasteiger partial charge < -0.3 is 5.32 Å². The van der Waals surface area contributed by atoms with Crippen molar-refractivity contribution >= 4 is 22.9 Å². The van der Waals surface area contributed by atoms with Crippen LogP contribution in [0.25, 0.3) is 0 Å². The van der Waals surface area contributed by atoms with Crippen LogP contribution in [-0.4, -0.2) is 7.05 Å². The molecule has 0 bridgehead atoms. The van der Waals surface area contributed by atoms with Crippen LogP contribution in [0.1, 0.15) is 27.6 Å². The van der Waals surface area contributed by atoms with Gasteiger partial charge >= 0.3 is 0 Å². The second kappa shape index (κ2) is 5.21. The van der Waals surface area contributed by atoms with Crippen LogP contribution in [0, 0.1) is 13.8 Å². The van der Waals surface area contributed by atoms with Gasteiger partial charge in [-0.2, -0.15) is 0 Å². The Kier molecular flexibility index (Phi) is 3.87. The fourth-order valence-corrected chi connectivity index (χ4v) is 3.10. The normalized spacial score (nSPS) is 12.7. The Bertz CT molecular complexity index is 498. The number of hydrogen-bond donors (Lipinski definition) is 1. The Hall–Kier alpha value is -0.830. The van der Waals surface area contributed by atoms with Gasteiger partial charge in [0.25, 0.3) is 0 Å². The molecule has 0 aliphatic rings. The Balaban J connectivity index is 2.41. The maximum atomic E-state index is 6.12. The van der Waals surface area contributed by atoms with E-state index in [4.69, 9.17) is 11.6 Å². The highest BCUT2D eigenvalue weighted by Crippen LogP contribution is 2.28. The van der Waals surface area contributed by atoms with Gasteiger partial charge in [-0.15, -0.1) is 11.3 Å². The summed E-state index contributed by atoms with van der Waals surface area (Å²) in [5.41, 5.74) is 3.71. The highest BCUT2D eigenvalue weighted by Gasteiger charge is 2.13. The molecular weight excluding hydrogens is 250 g/mol. The van der Waals surface area contributed by atoms with E-state index in [-0.39, 0.29) is 6.04 Å². The average Bonchev–Trinajstić information content (AvgIpc) is 2.64. The van der Waals surface area contributed by atoms with E-state index in [1.807, 2.05) is 19.2 Å². The van der Waals surface area contributed by atoms with E-state index >= 15 is 0 Å². The zero-order valence-corrected chi connectivity index (χ0v) is 11.8. The number of rotatable bonds is 3. The van der Waals surface area contributed by atoms with Crippen LogP contribution in [0.2, 0.25) is 5.02 Å². The van der Waals surface area contributed by atoms with Crippen LogP contribution in [-0.2, 0) is 0 Å². The van der Waals surface area contributed by atoms with Crippen molar-refractivity contribution < 1.29 is 0 Å². The molecule has 0 aliphatic carbocycles. The zero-order chi connectivity index (χ0) is 12.4. The van der Waals surface area contributed by atoms with Gasteiger partial charge in [0, 0.05) is 9.90 Å². The molecule has 17 heavy (non-hydrogen) atoms. The fraction of sp³-hybridized carbons (Fsp3) is 0.286. The van der Waals surface area contributed by atoms with Gasteiger partial charge in [-0.05, 0) is 61.2 Å². The SMILES string of the molecule is CNC(c1cc(C)cc(Cl)c1)c1csc(C)c1. The van der Waals surface area contributed by atoms with Gasteiger partial charge in [0.15, 0.2) is 0 Å². The Labute approximate surface area is 111 Å². The first-order chi connectivity index (χ1) is 8.10. The monoisotopic (exact) mass is 265 g/mol. The van der Waals surface area contributed by atoms with E-state index < -0.39 is 0 Å². The van der Waals surface area contributed by atoms with E-state index in [1.54, 1.807) is 11.3 Å².